The molecule has 6 heteroatoms. The van der Waals surface area contributed by atoms with Crippen LogP contribution in [0.4, 0.5) is 5.69 Å². The fraction of sp³-hybridized carbons (Fsp3) is 0.345. The van der Waals surface area contributed by atoms with Gasteiger partial charge in [-0.2, -0.15) is 0 Å². The van der Waals surface area contributed by atoms with Crippen molar-refractivity contribution in [1.82, 2.24) is 4.98 Å². The van der Waals surface area contributed by atoms with E-state index in [4.69, 9.17) is 14.6 Å². The molecule has 0 atom stereocenters. The van der Waals surface area contributed by atoms with E-state index in [-0.39, 0.29) is 5.56 Å². The van der Waals surface area contributed by atoms with E-state index in [9.17, 15) is 4.79 Å². The lowest BCUT2D eigenvalue weighted by Gasteiger charge is -2.07. The Kier molecular flexibility index (Phi) is 11.3. The highest BCUT2D eigenvalue weighted by Crippen LogP contribution is 2.19. The summed E-state index contributed by atoms with van der Waals surface area (Å²) in [5.41, 5.74) is 2.18. The number of aliphatic imine (C=N–C) groups is 1. The van der Waals surface area contributed by atoms with Gasteiger partial charge in [0, 0.05) is 18.6 Å². The molecule has 0 aliphatic carbocycles. The maximum Gasteiger partial charge on any atom is 0.335 e. The van der Waals surface area contributed by atoms with Crippen LogP contribution in [0.2, 0.25) is 0 Å². The third kappa shape index (κ3) is 10.4. The number of unbranched alkanes of at least 4 members (excludes halogenated alkanes) is 7. The number of aromatic nitrogens is 1. The number of hydrogen-bond donors (Lipinski definition) is 1. The molecule has 0 saturated carbocycles. The Balaban J connectivity index is 1.15. The van der Waals surface area contributed by atoms with E-state index in [2.05, 4.69) is 9.98 Å². The third-order valence-electron chi connectivity index (χ3n) is 5.56. The lowest BCUT2D eigenvalue weighted by Crippen LogP contribution is -2.00. The second kappa shape index (κ2) is 15.3. The van der Waals surface area contributed by atoms with Gasteiger partial charge in [0.05, 0.1) is 24.5 Å². The maximum absolute atomic E-state index is 11.0. The number of ether oxygens (including phenoxy) is 2. The van der Waals surface area contributed by atoms with Crippen molar-refractivity contribution < 1.29 is 19.4 Å². The molecule has 3 rings (SSSR count). The Morgan fingerprint density at radius 1 is 0.771 bits per heavy atom. The van der Waals surface area contributed by atoms with Crippen LogP contribution in [0.3, 0.4) is 0 Å². The number of benzene rings is 2. The standard InChI is InChI=1S/C29H34N2O4/c32-29(33)25-10-9-11-28(22-25)35-21-8-6-4-2-1-3-5-7-20-34-27-14-12-26(13-15-27)31-23-24-16-18-30-19-17-24/h9-19,22-23H,1-8,20-21H2,(H,32,33). The summed E-state index contributed by atoms with van der Waals surface area (Å²) in [4.78, 5) is 19.4. The summed E-state index contributed by atoms with van der Waals surface area (Å²) in [6.45, 7) is 1.36. The van der Waals surface area contributed by atoms with Crippen LogP contribution in [-0.2, 0) is 0 Å². The summed E-state index contributed by atoms with van der Waals surface area (Å²) in [5.74, 6) is 0.571. The van der Waals surface area contributed by atoms with Gasteiger partial charge in [0.15, 0.2) is 0 Å². The van der Waals surface area contributed by atoms with Gasteiger partial charge >= 0.3 is 5.97 Å². The molecule has 184 valence electrons. The molecule has 0 spiro atoms. The number of aromatic carboxylic acids is 1. The number of carboxylic acid groups (broad SMARTS) is 1. The molecule has 2 aromatic carbocycles. The highest BCUT2D eigenvalue weighted by atomic mass is 16.5. The van der Waals surface area contributed by atoms with Crippen molar-refractivity contribution in [3.63, 3.8) is 0 Å². The molecule has 0 fully saturated rings. The summed E-state index contributed by atoms with van der Waals surface area (Å²) in [6.07, 6.45) is 14.6. The lowest BCUT2D eigenvalue weighted by molar-refractivity contribution is 0.0696. The minimum absolute atomic E-state index is 0.258. The van der Waals surface area contributed by atoms with Gasteiger partial charge in [-0.1, -0.05) is 44.6 Å². The van der Waals surface area contributed by atoms with E-state index in [1.807, 2.05) is 42.6 Å². The first-order chi connectivity index (χ1) is 17.2. The fourth-order valence-electron chi connectivity index (χ4n) is 3.59. The normalized spacial score (nSPS) is 11.0. The van der Waals surface area contributed by atoms with Gasteiger partial charge in [-0.25, -0.2) is 4.79 Å². The zero-order chi connectivity index (χ0) is 24.6. The summed E-state index contributed by atoms with van der Waals surface area (Å²) >= 11 is 0. The second-order valence-corrected chi connectivity index (χ2v) is 8.39. The van der Waals surface area contributed by atoms with Gasteiger partial charge in [0.25, 0.3) is 0 Å². The van der Waals surface area contributed by atoms with Gasteiger partial charge in [0.1, 0.15) is 11.5 Å². The molecule has 0 radical (unpaired) electrons. The number of nitrogens with zero attached hydrogens (tertiary/aromatic N) is 2. The Hall–Kier alpha value is -3.67. The molecule has 3 aromatic rings. The van der Waals surface area contributed by atoms with Crippen molar-refractivity contribution in [3.8, 4) is 11.5 Å². The average Bonchev–Trinajstić information content (AvgIpc) is 2.89. The van der Waals surface area contributed by atoms with Gasteiger partial charge in [-0.05, 0) is 73.0 Å². The SMILES string of the molecule is O=C(O)c1cccc(OCCCCCCCCCCOc2ccc(N=Cc3ccncc3)cc2)c1. The smallest absolute Gasteiger partial charge is 0.335 e. The highest BCUT2D eigenvalue weighted by Gasteiger charge is 2.03. The summed E-state index contributed by atoms with van der Waals surface area (Å²) in [5, 5.41) is 9.01. The Bertz CT molecular complexity index is 1040. The molecule has 6 nitrogen and oxygen atoms in total. The molecule has 0 aliphatic rings. The number of pyridine rings is 1. The number of carboxylic acids is 1. The van der Waals surface area contributed by atoms with Gasteiger partial charge < -0.3 is 14.6 Å². The van der Waals surface area contributed by atoms with Gasteiger partial charge in [0.2, 0.25) is 0 Å². The van der Waals surface area contributed by atoms with Gasteiger partial charge in [-0.3, -0.25) is 9.98 Å². The summed E-state index contributed by atoms with van der Waals surface area (Å²) in [7, 11) is 0. The van der Waals surface area contributed by atoms with Crippen molar-refractivity contribution in [2.75, 3.05) is 13.2 Å². The number of carbonyl (C=O) groups is 1. The van der Waals surface area contributed by atoms with Crippen LogP contribution >= 0.6 is 0 Å². The molecule has 0 amide bonds. The molecule has 0 saturated heterocycles. The van der Waals surface area contributed by atoms with Crippen LogP contribution < -0.4 is 9.47 Å². The third-order valence-corrected chi connectivity index (χ3v) is 5.56. The van der Waals surface area contributed by atoms with Crippen molar-refractivity contribution in [2.24, 2.45) is 4.99 Å². The highest BCUT2D eigenvalue weighted by molar-refractivity contribution is 5.88. The Morgan fingerprint density at radius 2 is 1.37 bits per heavy atom. The van der Waals surface area contributed by atoms with E-state index >= 15 is 0 Å². The van der Waals surface area contributed by atoms with E-state index in [1.165, 1.54) is 32.1 Å². The molecule has 1 N–H and O–H groups in total. The van der Waals surface area contributed by atoms with Crippen LogP contribution in [0, 0.1) is 0 Å². The molecule has 0 unspecified atom stereocenters. The van der Waals surface area contributed by atoms with Crippen LogP contribution in [0.5, 0.6) is 11.5 Å². The lowest BCUT2D eigenvalue weighted by atomic mass is 10.1. The minimum Gasteiger partial charge on any atom is -0.494 e. The molecule has 1 heterocycles. The monoisotopic (exact) mass is 474 g/mol. The Labute approximate surface area is 207 Å². The van der Waals surface area contributed by atoms with E-state index in [0.29, 0.717) is 12.4 Å². The zero-order valence-electron chi connectivity index (χ0n) is 20.1. The van der Waals surface area contributed by atoms with Crippen LogP contribution in [-0.4, -0.2) is 35.5 Å². The van der Waals surface area contributed by atoms with Crippen LogP contribution in [0.15, 0.2) is 78.0 Å². The number of hydrogen-bond acceptors (Lipinski definition) is 5. The molecule has 35 heavy (non-hydrogen) atoms. The van der Waals surface area contributed by atoms with Crippen LogP contribution in [0.1, 0.15) is 67.3 Å². The molecule has 0 aliphatic heterocycles. The maximum atomic E-state index is 11.0. The van der Waals surface area contributed by atoms with Gasteiger partial charge in [-0.15, -0.1) is 0 Å². The first-order valence-electron chi connectivity index (χ1n) is 12.3. The molecular weight excluding hydrogens is 440 g/mol. The first kappa shape index (κ1) is 25.9. The van der Waals surface area contributed by atoms with Crippen molar-refractivity contribution >= 4 is 17.9 Å². The largest absolute Gasteiger partial charge is 0.494 e. The molecule has 0 bridgehead atoms. The molecule has 1 aromatic heterocycles. The fourth-order valence-corrected chi connectivity index (χ4v) is 3.59. The average molecular weight is 475 g/mol. The number of rotatable bonds is 16. The van der Waals surface area contributed by atoms with E-state index in [1.54, 1.807) is 36.7 Å². The predicted molar refractivity (Wildman–Crippen MR) is 139 cm³/mol. The minimum atomic E-state index is -0.931. The molecular formula is C29H34N2O4. The summed E-state index contributed by atoms with van der Waals surface area (Å²) in [6, 6.07) is 18.3. The van der Waals surface area contributed by atoms with E-state index in [0.717, 1.165) is 42.9 Å². The van der Waals surface area contributed by atoms with Crippen LogP contribution in [0.25, 0.3) is 0 Å². The van der Waals surface area contributed by atoms with E-state index < -0.39 is 5.97 Å². The zero-order valence-corrected chi connectivity index (χ0v) is 20.1. The van der Waals surface area contributed by atoms with Crippen molar-refractivity contribution in [1.29, 1.82) is 0 Å². The topological polar surface area (TPSA) is 81.0 Å². The van der Waals surface area contributed by atoms with Crippen molar-refractivity contribution in [2.45, 2.75) is 51.4 Å². The Morgan fingerprint density at radius 3 is 2.00 bits per heavy atom. The summed E-state index contributed by atoms with van der Waals surface area (Å²) < 4.78 is 11.5. The second-order valence-electron chi connectivity index (χ2n) is 8.39. The van der Waals surface area contributed by atoms with Crippen molar-refractivity contribution in [3.05, 3.63) is 84.2 Å². The predicted octanol–water partition coefficient (Wildman–Crippen LogP) is 7.11. The first-order valence-corrected chi connectivity index (χ1v) is 12.3. The quantitative estimate of drug-likeness (QED) is 0.177.